The van der Waals surface area contributed by atoms with Crippen LogP contribution in [0.1, 0.15) is 10.4 Å². The number of halogens is 4. The molecular formula is C9H4F4O3. The second-order valence-corrected chi connectivity index (χ2v) is 3.03. The number of alkyl halides is 4. The molecule has 1 aliphatic rings. The van der Waals surface area contributed by atoms with Gasteiger partial charge in [-0.1, -0.05) is 6.07 Å². The predicted octanol–water partition coefficient (Wildman–Crippen LogP) is 2.46. The molecule has 0 spiro atoms. The Balaban J connectivity index is 2.55. The molecule has 0 saturated heterocycles. The van der Waals surface area contributed by atoms with Gasteiger partial charge in [0.2, 0.25) is 0 Å². The van der Waals surface area contributed by atoms with Crippen LogP contribution < -0.4 is 9.47 Å². The molecule has 3 nitrogen and oxygen atoms in total. The molecule has 1 aromatic carbocycles. The Hall–Kier alpha value is -1.79. The quantitative estimate of drug-likeness (QED) is 0.555. The maximum atomic E-state index is 12.8. The number of aldehydes is 1. The van der Waals surface area contributed by atoms with Crippen LogP contribution in [0.25, 0.3) is 0 Å². The number of fused-ring (bicyclic) bond motifs is 1. The van der Waals surface area contributed by atoms with Crippen molar-refractivity contribution >= 4 is 6.29 Å². The lowest BCUT2D eigenvalue weighted by atomic mass is 10.2. The van der Waals surface area contributed by atoms with Gasteiger partial charge in [0, 0.05) is 0 Å². The molecule has 0 fully saturated rings. The highest BCUT2D eigenvalue weighted by Crippen LogP contribution is 2.47. The predicted molar refractivity (Wildman–Crippen MR) is 43.0 cm³/mol. The summed E-state index contributed by atoms with van der Waals surface area (Å²) in [6, 6.07) is 3.37. The molecule has 1 heterocycles. The number of hydrogen-bond acceptors (Lipinski definition) is 3. The van der Waals surface area contributed by atoms with Crippen molar-refractivity contribution < 1.29 is 31.8 Å². The molecule has 2 rings (SSSR count). The van der Waals surface area contributed by atoms with Crippen LogP contribution >= 0.6 is 0 Å². The average molecular weight is 236 g/mol. The summed E-state index contributed by atoms with van der Waals surface area (Å²) in [4.78, 5) is 10.5. The maximum absolute atomic E-state index is 12.8. The molecule has 1 aromatic rings. The van der Waals surface area contributed by atoms with Crippen LogP contribution in [0.5, 0.6) is 11.5 Å². The van der Waals surface area contributed by atoms with Crippen molar-refractivity contribution in [3.63, 3.8) is 0 Å². The molecule has 0 radical (unpaired) electrons. The lowest BCUT2D eigenvalue weighted by molar-refractivity contribution is -0.391. The van der Waals surface area contributed by atoms with Crippen LogP contribution in [-0.2, 0) is 0 Å². The molecule has 0 N–H and O–H groups in total. The standard InChI is InChI=1S/C9H4F4O3/c10-8(11)9(12,13)16-7-5(4-14)2-1-3-6(7)15-8/h1-4H. The van der Waals surface area contributed by atoms with Crippen LogP contribution in [0.2, 0.25) is 0 Å². The molecular weight excluding hydrogens is 232 g/mol. The van der Waals surface area contributed by atoms with Crippen LogP contribution in [0.4, 0.5) is 17.6 Å². The Bertz CT molecular complexity index is 444. The first-order valence-corrected chi connectivity index (χ1v) is 4.09. The van der Waals surface area contributed by atoms with Gasteiger partial charge in [-0.3, -0.25) is 4.79 Å². The van der Waals surface area contributed by atoms with E-state index in [2.05, 4.69) is 9.47 Å². The van der Waals surface area contributed by atoms with Crippen molar-refractivity contribution in [1.29, 1.82) is 0 Å². The van der Waals surface area contributed by atoms with Crippen molar-refractivity contribution in [1.82, 2.24) is 0 Å². The van der Waals surface area contributed by atoms with Crippen molar-refractivity contribution in [2.75, 3.05) is 0 Å². The number of hydrogen-bond donors (Lipinski definition) is 0. The number of carbonyl (C=O) groups excluding carboxylic acids is 1. The minimum Gasteiger partial charge on any atom is -0.421 e. The highest BCUT2D eigenvalue weighted by Gasteiger charge is 2.66. The molecule has 0 unspecified atom stereocenters. The summed E-state index contributed by atoms with van der Waals surface area (Å²) in [5.41, 5.74) is -0.285. The van der Waals surface area contributed by atoms with Crippen LogP contribution in [-0.4, -0.2) is 18.5 Å². The lowest BCUT2D eigenvalue weighted by Crippen LogP contribution is -2.52. The first-order chi connectivity index (χ1) is 7.37. The molecule has 7 heteroatoms. The minimum absolute atomic E-state index is 0.210. The Morgan fingerprint density at radius 1 is 1.06 bits per heavy atom. The Morgan fingerprint density at radius 2 is 1.69 bits per heavy atom. The smallest absolute Gasteiger partial charge is 0.421 e. The van der Waals surface area contributed by atoms with E-state index in [0.29, 0.717) is 0 Å². The molecule has 0 aliphatic carbocycles. The van der Waals surface area contributed by atoms with Gasteiger partial charge in [-0.25, -0.2) is 0 Å². The normalized spacial score (nSPS) is 20.2. The molecule has 0 aromatic heterocycles. The SMILES string of the molecule is O=Cc1cccc2c1OC(F)(F)C(F)(F)O2. The van der Waals surface area contributed by atoms with Gasteiger partial charge >= 0.3 is 12.2 Å². The zero-order valence-electron chi connectivity index (χ0n) is 7.55. The van der Waals surface area contributed by atoms with E-state index in [-0.39, 0.29) is 11.8 Å². The summed E-state index contributed by atoms with van der Waals surface area (Å²) >= 11 is 0. The highest BCUT2D eigenvalue weighted by atomic mass is 19.3. The molecule has 0 saturated carbocycles. The summed E-state index contributed by atoms with van der Waals surface area (Å²) in [5.74, 6) is -1.28. The van der Waals surface area contributed by atoms with Gasteiger partial charge in [0.05, 0.1) is 5.56 Å². The van der Waals surface area contributed by atoms with Crippen LogP contribution in [0.15, 0.2) is 18.2 Å². The minimum atomic E-state index is -4.81. The van der Waals surface area contributed by atoms with E-state index in [1.807, 2.05) is 0 Å². The topological polar surface area (TPSA) is 35.5 Å². The number of ether oxygens (including phenoxy) is 2. The second-order valence-electron chi connectivity index (χ2n) is 3.03. The zero-order valence-corrected chi connectivity index (χ0v) is 7.55. The Kier molecular flexibility index (Phi) is 2.08. The third kappa shape index (κ3) is 1.39. The van der Waals surface area contributed by atoms with E-state index < -0.39 is 23.7 Å². The van der Waals surface area contributed by atoms with Crippen molar-refractivity contribution in [2.24, 2.45) is 0 Å². The fourth-order valence-corrected chi connectivity index (χ4v) is 1.20. The monoisotopic (exact) mass is 236 g/mol. The number of benzene rings is 1. The number of rotatable bonds is 1. The number of para-hydroxylation sites is 1. The molecule has 16 heavy (non-hydrogen) atoms. The highest BCUT2D eigenvalue weighted by molar-refractivity contribution is 5.81. The molecule has 0 bridgehead atoms. The van der Waals surface area contributed by atoms with Gasteiger partial charge < -0.3 is 9.47 Å². The first-order valence-electron chi connectivity index (χ1n) is 4.09. The fraction of sp³-hybridized carbons (Fsp3) is 0.222. The summed E-state index contributed by atoms with van der Waals surface area (Å²) in [5, 5.41) is 0. The zero-order chi connectivity index (χ0) is 12.0. The number of carbonyl (C=O) groups is 1. The molecule has 86 valence electrons. The van der Waals surface area contributed by atoms with Crippen LogP contribution in [0, 0.1) is 0 Å². The Morgan fingerprint density at radius 3 is 2.31 bits per heavy atom. The van der Waals surface area contributed by atoms with Crippen molar-refractivity contribution in [2.45, 2.75) is 12.2 Å². The third-order valence-electron chi connectivity index (χ3n) is 1.94. The van der Waals surface area contributed by atoms with Crippen molar-refractivity contribution in [3.8, 4) is 11.5 Å². The molecule has 1 aliphatic heterocycles. The Labute approximate surface area is 86.6 Å². The first kappa shape index (κ1) is 10.7. The van der Waals surface area contributed by atoms with E-state index in [1.165, 1.54) is 6.07 Å². The van der Waals surface area contributed by atoms with E-state index >= 15 is 0 Å². The summed E-state index contributed by atoms with van der Waals surface area (Å²) in [7, 11) is 0. The summed E-state index contributed by atoms with van der Waals surface area (Å²) in [6.07, 6.45) is -9.36. The van der Waals surface area contributed by atoms with Gasteiger partial charge in [0.25, 0.3) is 0 Å². The average Bonchev–Trinajstić information content (AvgIpc) is 2.18. The van der Waals surface area contributed by atoms with Gasteiger partial charge in [-0.05, 0) is 12.1 Å². The maximum Gasteiger partial charge on any atom is 0.507 e. The molecule has 0 amide bonds. The van der Waals surface area contributed by atoms with Gasteiger partial charge in [-0.2, -0.15) is 17.6 Å². The van der Waals surface area contributed by atoms with Crippen molar-refractivity contribution in [3.05, 3.63) is 23.8 Å². The summed E-state index contributed by atoms with van der Waals surface area (Å²) < 4.78 is 58.6. The van der Waals surface area contributed by atoms with Gasteiger partial charge in [0.15, 0.2) is 17.8 Å². The van der Waals surface area contributed by atoms with Gasteiger partial charge in [-0.15, -0.1) is 0 Å². The largest absolute Gasteiger partial charge is 0.507 e. The van der Waals surface area contributed by atoms with E-state index in [4.69, 9.17) is 0 Å². The third-order valence-corrected chi connectivity index (χ3v) is 1.94. The van der Waals surface area contributed by atoms with E-state index in [1.54, 1.807) is 0 Å². The van der Waals surface area contributed by atoms with E-state index in [0.717, 1.165) is 12.1 Å². The summed E-state index contributed by atoms with van der Waals surface area (Å²) in [6.45, 7) is 0. The molecule has 0 atom stereocenters. The van der Waals surface area contributed by atoms with Crippen LogP contribution in [0.3, 0.4) is 0 Å². The fourth-order valence-electron chi connectivity index (χ4n) is 1.20. The van der Waals surface area contributed by atoms with E-state index in [9.17, 15) is 22.4 Å². The lowest BCUT2D eigenvalue weighted by Gasteiger charge is -2.32. The second kappa shape index (κ2) is 3.10. The van der Waals surface area contributed by atoms with Gasteiger partial charge in [0.1, 0.15) is 0 Å².